The summed E-state index contributed by atoms with van der Waals surface area (Å²) in [6, 6.07) is 2.89. The summed E-state index contributed by atoms with van der Waals surface area (Å²) in [5.74, 6) is 0.356. The van der Waals surface area contributed by atoms with Crippen LogP contribution >= 0.6 is 0 Å². The molecule has 1 aliphatic rings. The second kappa shape index (κ2) is 7.58. The van der Waals surface area contributed by atoms with Gasteiger partial charge in [0.2, 0.25) is 0 Å². The van der Waals surface area contributed by atoms with Crippen LogP contribution in [0.3, 0.4) is 0 Å². The molecule has 0 spiro atoms. The van der Waals surface area contributed by atoms with E-state index in [2.05, 4.69) is 28.9 Å². The number of rotatable bonds is 3. The molecule has 1 fully saturated rings. The van der Waals surface area contributed by atoms with E-state index in [-0.39, 0.29) is 17.1 Å². The first kappa shape index (κ1) is 18.6. The Bertz CT molecular complexity index is 1020. The van der Waals surface area contributed by atoms with Gasteiger partial charge in [0, 0.05) is 5.92 Å². The molecule has 7 nitrogen and oxygen atoms in total. The van der Waals surface area contributed by atoms with Gasteiger partial charge in [0.25, 0.3) is 0 Å². The van der Waals surface area contributed by atoms with Gasteiger partial charge in [-0.05, 0) is 18.9 Å². The van der Waals surface area contributed by atoms with E-state index in [9.17, 15) is 4.39 Å². The van der Waals surface area contributed by atoms with Gasteiger partial charge in [-0.2, -0.15) is 10.4 Å². The number of anilines is 1. The molecular weight excluding hydrogens is 347 g/mol. The molecule has 0 radical (unpaired) electrons. The zero-order chi connectivity index (χ0) is 19.6. The van der Waals surface area contributed by atoms with Crippen LogP contribution in [0.5, 0.6) is 5.75 Å². The third kappa shape index (κ3) is 3.53. The van der Waals surface area contributed by atoms with Crippen molar-refractivity contribution in [1.29, 1.82) is 5.26 Å². The van der Waals surface area contributed by atoms with Gasteiger partial charge in [-0.15, -0.1) is 0 Å². The topological polar surface area (TPSA) is 102 Å². The van der Waals surface area contributed by atoms with Crippen molar-refractivity contribution in [3.8, 4) is 23.1 Å². The van der Waals surface area contributed by atoms with E-state index in [1.807, 2.05) is 6.07 Å². The van der Waals surface area contributed by atoms with Crippen molar-refractivity contribution in [3.05, 3.63) is 35.5 Å². The molecule has 3 heterocycles. The summed E-state index contributed by atoms with van der Waals surface area (Å²) >= 11 is 0. The fraction of sp³-hybridized carbons (Fsp3) is 0.368. The second-order valence-corrected chi connectivity index (χ2v) is 6.37. The van der Waals surface area contributed by atoms with E-state index in [0.29, 0.717) is 22.9 Å². The number of hydrogen-bond acceptors (Lipinski definition) is 6. The Morgan fingerprint density at radius 1 is 1.37 bits per heavy atom. The summed E-state index contributed by atoms with van der Waals surface area (Å²) in [6.45, 7) is 4.25. The van der Waals surface area contributed by atoms with Gasteiger partial charge in [0.05, 0.1) is 36.3 Å². The van der Waals surface area contributed by atoms with Crippen molar-refractivity contribution in [1.82, 2.24) is 19.6 Å². The molecule has 1 aliphatic carbocycles. The molecule has 2 N–H and O–H groups in total. The Balaban J connectivity index is 0.000000659. The monoisotopic (exact) mass is 368 g/mol. The number of halogens is 1. The summed E-state index contributed by atoms with van der Waals surface area (Å²) in [7, 11) is 1.58. The van der Waals surface area contributed by atoms with Gasteiger partial charge < -0.3 is 10.5 Å². The van der Waals surface area contributed by atoms with Crippen molar-refractivity contribution in [2.75, 3.05) is 12.8 Å². The highest BCUT2D eigenvalue weighted by Crippen LogP contribution is 2.43. The van der Waals surface area contributed by atoms with Gasteiger partial charge in [-0.25, -0.2) is 18.9 Å². The summed E-state index contributed by atoms with van der Waals surface area (Å²) in [6.07, 6.45) is 6.57. The molecule has 3 aromatic heterocycles. The number of nitrogen functional groups attached to an aromatic ring is 1. The first-order chi connectivity index (χ1) is 13.0. The van der Waals surface area contributed by atoms with Crippen LogP contribution in [0.25, 0.3) is 16.9 Å². The third-order valence-corrected chi connectivity index (χ3v) is 4.05. The predicted molar refractivity (Wildman–Crippen MR) is 99.8 cm³/mol. The van der Waals surface area contributed by atoms with Gasteiger partial charge in [0.15, 0.2) is 17.2 Å². The summed E-state index contributed by atoms with van der Waals surface area (Å²) in [5.41, 5.74) is 7.49. The number of fused-ring (bicyclic) bond motifs is 1. The molecule has 0 bridgehead atoms. The van der Waals surface area contributed by atoms with Crippen molar-refractivity contribution in [2.24, 2.45) is 0 Å². The minimum absolute atomic E-state index is 0.000946. The molecule has 8 heteroatoms. The smallest absolute Gasteiger partial charge is 0.165 e. The Labute approximate surface area is 156 Å². The maximum absolute atomic E-state index is 14.4. The lowest BCUT2D eigenvalue weighted by Gasteiger charge is -2.08. The van der Waals surface area contributed by atoms with Gasteiger partial charge >= 0.3 is 0 Å². The number of pyridine rings is 1. The first-order valence-corrected chi connectivity index (χ1v) is 8.82. The van der Waals surface area contributed by atoms with Crippen LogP contribution in [0.1, 0.15) is 50.3 Å². The molecule has 3 aromatic rings. The zero-order valence-electron chi connectivity index (χ0n) is 15.5. The first-order valence-electron chi connectivity index (χ1n) is 8.82. The number of nitriles is 1. The molecule has 140 valence electrons. The molecule has 1 saturated carbocycles. The molecule has 0 unspecified atom stereocenters. The van der Waals surface area contributed by atoms with Crippen LogP contribution in [0.4, 0.5) is 10.2 Å². The lowest BCUT2D eigenvalue weighted by molar-refractivity contribution is 0.403. The highest BCUT2D eigenvalue weighted by Gasteiger charge is 2.30. The highest BCUT2D eigenvalue weighted by atomic mass is 19.1. The highest BCUT2D eigenvalue weighted by molar-refractivity contribution is 5.76. The van der Waals surface area contributed by atoms with Crippen LogP contribution in [0, 0.1) is 17.1 Å². The standard InChI is InChI=1S/C16H13FN6O.C3H8/c1-24-12-7-23-16(22-13(12)8-2-3-8)10(6-20-23)14-11(17)4-9(5-18)15(19)21-14;1-3-2/h4,6-8H,2-3H2,1H3,(H2,19,21);3H2,1-2H3. The number of ether oxygens (including phenoxy) is 1. The molecule has 0 saturated heterocycles. The average Bonchev–Trinajstić information content (AvgIpc) is 3.43. The summed E-state index contributed by atoms with van der Waals surface area (Å²) in [5, 5.41) is 13.1. The minimum Gasteiger partial charge on any atom is -0.493 e. The van der Waals surface area contributed by atoms with E-state index >= 15 is 0 Å². The molecule has 0 amide bonds. The summed E-state index contributed by atoms with van der Waals surface area (Å²) in [4.78, 5) is 8.65. The molecule has 0 aliphatic heterocycles. The lowest BCUT2D eigenvalue weighted by Crippen LogP contribution is -2.02. The molecule has 0 aromatic carbocycles. The van der Waals surface area contributed by atoms with E-state index < -0.39 is 5.82 Å². The van der Waals surface area contributed by atoms with Crippen molar-refractivity contribution < 1.29 is 9.13 Å². The maximum Gasteiger partial charge on any atom is 0.165 e. The van der Waals surface area contributed by atoms with Crippen molar-refractivity contribution >= 4 is 11.5 Å². The Kier molecular flexibility index (Phi) is 5.21. The zero-order valence-corrected chi connectivity index (χ0v) is 15.5. The Morgan fingerprint density at radius 2 is 2.07 bits per heavy atom. The number of nitrogens with two attached hydrogens (primary N) is 1. The predicted octanol–water partition coefficient (Wildman–Crippen LogP) is 3.69. The number of methoxy groups -OCH3 is 1. The van der Waals surface area contributed by atoms with Crippen LogP contribution in [-0.2, 0) is 0 Å². The third-order valence-electron chi connectivity index (χ3n) is 4.05. The van der Waals surface area contributed by atoms with Crippen LogP contribution in [0.2, 0.25) is 0 Å². The number of hydrogen-bond donors (Lipinski definition) is 1. The normalized spacial score (nSPS) is 13.0. The van der Waals surface area contributed by atoms with E-state index in [1.54, 1.807) is 13.3 Å². The Hall–Kier alpha value is -3.21. The van der Waals surface area contributed by atoms with E-state index in [4.69, 9.17) is 15.7 Å². The maximum atomic E-state index is 14.4. The average molecular weight is 368 g/mol. The quantitative estimate of drug-likeness (QED) is 0.756. The molecule has 27 heavy (non-hydrogen) atoms. The largest absolute Gasteiger partial charge is 0.493 e. The number of aromatic nitrogens is 4. The fourth-order valence-corrected chi connectivity index (χ4v) is 2.66. The van der Waals surface area contributed by atoms with Crippen molar-refractivity contribution in [2.45, 2.75) is 39.0 Å². The molecule has 0 atom stereocenters. The van der Waals surface area contributed by atoms with E-state index in [0.717, 1.165) is 24.6 Å². The fourth-order valence-electron chi connectivity index (χ4n) is 2.66. The van der Waals surface area contributed by atoms with Crippen LogP contribution in [0.15, 0.2) is 18.5 Å². The van der Waals surface area contributed by atoms with Gasteiger partial charge in [-0.3, -0.25) is 0 Å². The number of nitrogens with zero attached hydrogens (tertiary/aromatic N) is 5. The van der Waals surface area contributed by atoms with Gasteiger partial charge in [0.1, 0.15) is 17.6 Å². The second-order valence-electron chi connectivity index (χ2n) is 6.37. The SMILES string of the molecule is CCC.COc1cn2ncc(-c3nc(N)c(C#N)cc3F)c2nc1C1CC1. The molecular formula is C19H21FN6O. The van der Waals surface area contributed by atoms with Crippen LogP contribution in [-0.4, -0.2) is 26.7 Å². The van der Waals surface area contributed by atoms with E-state index in [1.165, 1.54) is 17.1 Å². The summed E-state index contributed by atoms with van der Waals surface area (Å²) < 4.78 is 21.3. The van der Waals surface area contributed by atoms with Crippen LogP contribution < -0.4 is 10.5 Å². The van der Waals surface area contributed by atoms with Crippen molar-refractivity contribution in [3.63, 3.8) is 0 Å². The molecule has 4 rings (SSSR count). The van der Waals surface area contributed by atoms with Gasteiger partial charge in [-0.1, -0.05) is 20.3 Å². The minimum atomic E-state index is -0.638. The Morgan fingerprint density at radius 3 is 2.67 bits per heavy atom. The lowest BCUT2D eigenvalue weighted by atomic mass is 10.1.